The maximum absolute atomic E-state index is 12.7. The molecule has 0 radical (unpaired) electrons. The molecule has 1 rings (SSSR count). The minimum Gasteiger partial charge on any atom is -0.383 e. The third-order valence-corrected chi connectivity index (χ3v) is 2.59. The quantitative estimate of drug-likeness (QED) is 0.649. The molecule has 1 atom stereocenters. The third kappa shape index (κ3) is 3.14. The lowest BCUT2D eigenvalue weighted by Gasteiger charge is -2.34. The summed E-state index contributed by atoms with van der Waals surface area (Å²) < 4.78 is 12.7. The maximum Gasteiger partial charge on any atom is 0.252 e. The Kier molecular flexibility index (Phi) is 3.67. The molecule has 5 heteroatoms. The lowest BCUT2D eigenvalue weighted by Crippen LogP contribution is -2.52. The number of nitrogens with zero attached hydrogens (tertiary/aromatic N) is 2. The molecule has 0 spiro atoms. The molecule has 1 N–H and O–H groups in total. The van der Waals surface area contributed by atoms with Crippen molar-refractivity contribution in [2.75, 3.05) is 26.2 Å². The van der Waals surface area contributed by atoms with E-state index in [1.54, 1.807) is 20.8 Å². The number of carbonyl (C=O) groups excluding carboxylic acids is 1. The molecule has 0 aromatic carbocycles. The molecule has 1 fully saturated rings. The van der Waals surface area contributed by atoms with E-state index in [2.05, 4.69) is 0 Å². The second kappa shape index (κ2) is 4.45. The van der Waals surface area contributed by atoms with Crippen molar-refractivity contribution in [1.29, 1.82) is 0 Å². The first-order chi connectivity index (χ1) is 6.82. The highest BCUT2D eigenvalue weighted by Crippen LogP contribution is 2.21. The Morgan fingerprint density at radius 2 is 1.73 bits per heavy atom. The first-order valence-corrected chi connectivity index (χ1v) is 5.20. The Bertz CT molecular complexity index is 232. The average molecular weight is 218 g/mol. The smallest absolute Gasteiger partial charge is 0.252 e. The van der Waals surface area contributed by atoms with Gasteiger partial charge in [-0.15, -0.1) is 9.60 Å². The van der Waals surface area contributed by atoms with Gasteiger partial charge in [0.1, 0.15) is 6.10 Å². The van der Waals surface area contributed by atoms with E-state index in [9.17, 15) is 14.4 Å². The molecule has 4 nitrogen and oxygen atoms in total. The molecule has 0 aromatic heterocycles. The van der Waals surface area contributed by atoms with Gasteiger partial charge in [-0.05, 0) is 5.41 Å². The predicted octanol–water partition coefficient (Wildman–Crippen LogP) is 0.422. The van der Waals surface area contributed by atoms with Crippen molar-refractivity contribution in [2.24, 2.45) is 5.41 Å². The van der Waals surface area contributed by atoms with Gasteiger partial charge in [-0.3, -0.25) is 4.79 Å². The molecule has 0 bridgehead atoms. The second-order valence-electron chi connectivity index (χ2n) is 5.00. The largest absolute Gasteiger partial charge is 0.383 e. The summed E-state index contributed by atoms with van der Waals surface area (Å²) in [6, 6.07) is 0. The van der Waals surface area contributed by atoms with Gasteiger partial charge in [-0.1, -0.05) is 20.8 Å². The first kappa shape index (κ1) is 12.4. The van der Waals surface area contributed by atoms with Gasteiger partial charge in [0.15, 0.2) is 0 Å². The normalized spacial score (nSPS) is 21.5. The van der Waals surface area contributed by atoms with Crippen molar-refractivity contribution in [1.82, 2.24) is 10.0 Å². The SMILES string of the molecule is CC(C)(C)C(O)C(=O)N1CCN(F)CC1. The number of rotatable bonds is 1. The molecule has 15 heavy (non-hydrogen) atoms. The van der Waals surface area contributed by atoms with Crippen molar-refractivity contribution in [3.05, 3.63) is 0 Å². The van der Waals surface area contributed by atoms with E-state index in [0.29, 0.717) is 18.2 Å². The lowest BCUT2D eigenvalue weighted by atomic mass is 9.88. The zero-order valence-electron chi connectivity index (χ0n) is 9.53. The van der Waals surface area contributed by atoms with E-state index >= 15 is 0 Å². The minimum absolute atomic E-state index is 0.225. The number of piperazine rings is 1. The van der Waals surface area contributed by atoms with Crippen molar-refractivity contribution < 1.29 is 14.4 Å². The summed E-state index contributed by atoms with van der Waals surface area (Å²) in [5.41, 5.74) is -0.468. The van der Waals surface area contributed by atoms with E-state index in [-0.39, 0.29) is 19.0 Å². The fraction of sp³-hybridized carbons (Fsp3) is 0.900. The van der Waals surface area contributed by atoms with Crippen LogP contribution in [0.5, 0.6) is 0 Å². The van der Waals surface area contributed by atoms with Gasteiger partial charge in [-0.2, -0.15) is 0 Å². The van der Waals surface area contributed by atoms with Gasteiger partial charge in [0.05, 0.1) is 0 Å². The zero-order chi connectivity index (χ0) is 11.6. The van der Waals surface area contributed by atoms with E-state index < -0.39 is 11.5 Å². The topological polar surface area (TPSA) is 43.8 Å². The van der Waals surface area contributed by atoms with E-state index in [1.807, 2.05) is 0 Å². The standard InChI is InChI=1S/C10H19FN2O2/c1-10(2,3)8(14)9(15)12-4-6-13(11)7-5-12/h8,14H,4-7H2,1-3H3. The van der Waals surface area contributed by atoms with Crippen molar-refractivity contribution in [2.45, 2.75) is 26.9 Å². The van der Waals surface area contributed by atoms with Crippen LogP contribution in [-0.2, 0) is 4.79 Å². The van der Waals surface area contributed by atoms with Gasteiger partial charge in [0.25, 0.3) is 5.91 Å². The number of hydrogen-bond donors (Lipinski definition) is 1. The molecule has 1 heterocycles. The Morgan fingerprint density at radius 1 is 1.27 bits per heavy atom. The van der Waals surface area contributed by atoms with Crippen molar-refractivity contribution in [3.8, 4) is 0 Å². The molecule has 1 aliphatic heterocycles. The van der Waals surface area contributed by atoms with Crippen LogP contribution in [0.2, 0.25) is 0 Å². The Morgan fingerprint density at radius 3 is 2.13 bits per heavy atom. The maximum atomic E-state index is 12.7. The van der Waals surface area contributed by atoms with Crippen LogP contribution in [0.3, 0.4) is 0 Å². The van der Waals surface area contributed by atoms with Gasteiger partial charge in [0, 0.05) is 26.2 Å². The summed E-state index contributed by atoms with van der Waals surface area (Å²) in [5, 5.41) is 10.5. The summed E-state index contributed by atoms with van der Waals surface area (Å²) in [6.07, 6.45) is -1.01. The van der Waals surface area contributed by atoms with Gasteiger partial charge in [-0.25, -0.2) is 0 Å². The molecule has 0 saturated carbocycles. The van der Waals surface area contributed by atoms with Crippen LogP contribution in [0.25, 0.3) is 0 Å². The fourth-order valence-corrected chi connectivity index (χ4v) is 1.45. The molecular formula is C10H19FN2O2. The van der Waals surface area contributed by atoms with Gasteiger partial charge in [0.2, 0.25) is 0 Å². The minimum atomic E-state index is -1.01. The summed E-state index contributed by atoms with van der Waals surface area (Å²) in [7, 11) is 0. The van der Waals surface area contributed by atoms with E-state index in [0.717, 1.165) is 0 Å². The molecular weight excluding hydrogens is 199 g/mol. The molecule has 1 saturated heterocycles. The number of hydrogen-bond acceptors (Lipinski definition) is 3. The highest BCUT2D eigenvalue weighted by molar-refractivity contribution is 5.81. The molecule has 1 unspecified atom stereocenters. The Labute approximate surface area is 89.6 Å². The Balaban J connectivity index is 2.54. The predicted molar refractivity (Wildman–Crippen MR) is 54.7 cm³/mol. The highest BCUT2D eigenvalue weighted by Gasteiger charge is 2.33. The number of aliphatic hydroxyl groups is 1. The number of aliphatic hydroxyl groups excluding tert-OH is 1. The molecule has 0 aromatic rings. The van der Waals surface area contributed by atoms with E-state index in [4.69, 9.17) is 0 Å². The summed E-state index contributed by atoms with van der Waals surface area (Å²) in [6.45, 7) is 6.57. The number of carbonyl (C=O) groups is 1. The van der Waals surface area contributed by atoms with Crippen molar-refractivity contribution >= 4 is 5.91 Å². The first-order valence-electron chi connectivity index (χ1n) is 5.20. The van der Waals surface area contributed by atoms with Crippen LogP contribution in [-0.4, -0.2) is 53.3 Å². The van der Waals surface area contributed by atoms with Crippen molar-refractivity contribution in [3.63, 3.8) is 0 Å². The number of halogens is 1. The molecule has 88 valence electrons. The molecule has 0 aliphatic carbocycles. The van der Waals surface area contributed by atoms with Crippen LogP contribution in [0.4, 0.5) is 4.48 Å². The van der Waals surface area contributed by atoms with Crippen LogP contribution < -0.4 is 0 Å². The fourth-order valence-electron chi connectivity index (χ4n) is 1.45. The monoisotopic (exact) mass is 218 g/mol. The Hall–Kier alpha value is -0.680. The lowest BCUT2D eigenvalue weighted by molar-refractivity contribution is -0.150. The highest BCUT2D eigenvalue weighted by atomic mass is 19.2. The zero-order valence-corrected chi connectivity index (χ0v) is 9.53. The van der Waals surface area contributed by atoms with Crippen LogP contribution >= 0.6 is 0 Å². The second-order valence-corrected chi connectivity index (χ2v) is 5.00. The summed E-state index contributed by atoms with van der Waals surface area (Å²) in [4.78, 5) is 13.3. The van der Waals surface area contributed by atoms with Crippen LogP contribution in [0.1, 0.15) is 20.8 Å². The molecule has 1 amide bonds. The summed E-state index contributed by atoms with van der Waals surface area (Å²) >= 11 is 0. The number of amides is 1. The summed E-state index contributed by atoms with van der Waals surface area (Å²) in [5.74, 6) is -0.296. The van der Waals surface area contributed by atoms with Crippen LogP contribution in [0.15, 0.2) is 0 Å². The third-order valence-electron chi connectivity index (χ3n) is 2.59. The van der Waals surface area contributed by atoms with E-state index in [1.165, 1.54) is 4.90 Å². The molecule has 1 aliphatic rings. The van der Waals surface area contributed by atoms with Crippen LogP contribution in [0, 0.1) is 5.41 Å². The average Bonchev–Trinajstić information content (AvgIpc) is 2.15. The van der Waals surface area contributed by atoms with Gasteiger partial charge < -0.3 is 10.0 Å². The van der Waals surface area contributed by atoms with Gasteiger partial charge >= 0.3 is 0 Å².